The fourth-order valence-electron chi connectivity index (χ4n) is 3.58. The summed E-state index contributed by atoms with van der Waals surface area (Å²) in [6, 6.07) is 1.92. The van der Waals surface area contributed by atoms with Gasteiger partial charge in [-0.2, -0.15) is 0 Å². The Labute approximate surface area is 169 Å². The Hall–Kier alpha value is -1.96. The minimum absolute atomic E-state index is 0.118. The van der Waals surface area contributed by atoms with Crippen molar-refractivity contribution >= 4 is 17.2 Å². The number of morpholine rings is 1. The van der Waals surface area contributed by atoms with Crippen LogP contribution in [-0.4, -0.2) is 48.6 Å². The van der Waals surface area contributed by atoms with Gasteiger partial charge in [0.1, 0.15) is 0 Å². The zero-order chi connectivity index (χ0) is 20.1. The Morgan fingerprint density at radius 1 is 1.29 bits per heavy atom. The van der Waals surface area contributed by atoms with E-state index in [2.05, 4.69) is 15.2 Å². The third-order valence-electron chi connectivity index (χ3n) is 5.29. The first-order valence-corrected chi connectivity index (χ1v) is 10.7. The Kier molecular flexibility index (Phi) is 7.04. The van der Waals surface area contributed by atoms with Crippen LogP contribution in [0.3, 0.4) is 0 Å². The summed E-state index contributed by atoms with van der Waals surface area (Å²) >= 11 is 1.65. The van der Waals surface area contributed by atoms with Gasteiger partial charge in [0, 0.05) is 41.1 Å². The van der Waals surface area contributed by atoms with Crippen LogP contribution >= 0.6 is 11.3 Å². The minimum atomic E-state index is -0.136. The molecule has 0 atom stereocenters. The van der Waals surface area contributed by atoms with Crippen LogP contribution in [0.15, 0.2) is 16.2 Å². The molecule has 0 bridgehead atoms. The normalized spacial score (nSPS) is 15.0. The average molecular weight is 404 g/mol. The number of aryl methyl sites for hydroxylation is 3. The Balaban J connectivity index is 1.55. The summed E-state index contributed by atoms with van der Waals surface area (Å²) in [4.78, 5) is 31.2. The van der Waals surface area contributed by atoms with E-state index in [0.717, 1.165) is 62.5 Å². The summed E-state index contributed by atoms with van der Waals surface area (Å²) < 4.78 is 5.38. The average Bonchev–Trinajstić information content (AvgIpc) is 3.02. The quantitative estimate of drug-likeness (QED) is 0.745. The molecule has 3 heterocycles. The van der Waals surface area contributed by atoms with Crippen molar-refractivity contribution in [3.05, 3.63) is 54.6 Å². The molecule has 1 fully saturated rings. The Morgan fingerprint density at radius 3 is 2.75 bits per heavy atom. The minimum Gasteiger partial charge on any atom is -0.379 e. The van der Waals surface area contributed by atoms with Crippen molar-refractivity contribution in [2.75, 3.05) is 32.8 Å². The summed E-state index contributed by atoms with van der Waals surface area (Å²) in [5.41, 5.74) is 3.97. The number of aromatic nitrogens is 1. The highest BCUT2D eigenvalue weighted by Gasteiger charge is 2.16. The molecule has 28 heavy (non-hydrogen) atoms. The van der Waals surface area contributed by atoms with Crippen LogP contribution in [0, 0.1) is 20.8 Å². The molecule has 0 saturated carbocycles. The fourth-order valence-corrected chi connectivity index (χ4v) is 4.67. The number of nitrogens with zero attached hydrogens (tertiary/aromatic N) is 1. The summed E-state index contributed by atoms with van der Waals surface area (Å²) in [6.07, 6.45) is 2.07. The third kappa shape index (κ3) is 5.10. The van der Waals surface area contributed by atoms with E-state index in [-0.39, 0.29) is 18.0 Å². The van der Waals surface area contributed by atoms with Crippen LogP contribution in [0.1, 0.15) is 44.0 Å². The molecule has 1 aliphatic rings. The highest BCUT2D eigenvalue weighted by Crippen LogP contribution is 2.23. The van der Waals surface area contributed by atoms with E-state index in [0.29, 0.717) is 11.1 Å². The van der Waals surface area contributed by atoms with Gasteiger partial charge in [0.2, 0.25) is 0 Å². The van der Waals surface area contributed by atoms with E-state index in [1.54, 1.807) is 11.3 Å². The lowest BCUT2D eigenvalue weighted by atomic mass is 10.1. The van der Waals surface area contributed by atoms with Gasteiger partial charge in [-0.05, 0) is 57.4 Å². The van der Waals surface area contributed by atoms with E-state index in [4.69, 9.17) is 4.74 Å². The smallest absolute Gasteiger partial charge is 0.253 e. The predicted octanol–water partition coefficient (Wildman–Crippen LogP) is 2.56. The number of hydrogen-bond acceptors (Lipinski definition) is 5. The van der Waals surface area contributed by atoms with Crippen LogP contribution in [0.25, 0.3) is 0 Å². The molecule has 0 radical (unpaired) electrons. The Bertz CT molecular complexity index is 882. The topological polar surface area (TPSA) is 74.4 Å². The van der Waals surface area contributed by atoms with Gasteiger partial charge in [0.15, 0.2) is 0 Å². The van der Waals surface area contributed by atoms with Crippen molar-refractivity contribution in [1.29, 1.82) is 0 Å². The molecular weight excluding hydrogens is 374 g/mol. The number of carbonyl (C=O) groups is 1. The van der Waals surface area contributed by atoms with E-state index >= 15 is 0 Å². The van der Waals surface area contributed by atoms with E-state index < -0.39 is 0 Å². The summed E-state index contributed by atoms with van der Waals surface area (Å²) in [5.74, 6) is -0.118. The molecule has 152 valence electrons. The van der Waals surface area contributed by atoms with Gasteiger partial charge in [-0.1, -0.05) is 0 Å². The van der Waals surface area contributed by atoms with Gasteiger partial charge in [0.25, 0.3) is 11.5 Å². The largest absolute Gasteiger partial charge is 0.379 e. The van der Waals surface area contributed by atoms with Crippen LogP contribution < -0.4 is 10.9 Å². The number of pyridine rings is 1. The molecule has 1 saturated heterocycles. The number of amides is 1. The SMILES string of the molecule is Cc1cc(C)c(CNC(=O)c2csc(CCCN3CCOCC3)c2C)c(=O)[nH]1. The number of nitrogens with one attached hydrogen (secondary N) is 2. The standard InChI is InChI=1S/C21H29N3O3S/c1-14-11-15(2)23-21(26)17(14)12-22-20(25)18-13-28-19(16(18)3)5-4-6-24-7-9-27-10-8-24/h11,13H,4-10,12H2,1-3H3,(H,22,25)(H,23,26). The van der Waals surface area contributed by atoms with E-state index in [1.165, 1.54) is 4.88 Å². The Morgan fingerprint density at radius 2 is 2.04 bits per heavy atom. The maximum atomic E-state index is 12.6. The molecule has 0 aromatic carbocycles. The molecule has 2 aromatic heterocycles. The first kappa shape index (κ1) is 20.8. The number of rotatable bonds is 7. The number of hydrogen-bond donors (Lipinski definition) is 2. The second-order valence-corrected chi connectivity index (χ2v) is 8.35. The van der Waals surface area contributed by atoms with Gasteiger partial charge in [-0.15, -0.1) is 11.3 Å². The number of H-pyrrole nitrogens is 1. The molecule has 1 amide bonds. The number of aromatic amines is 1. The van der Waals surface area contributed by atoms with Gasteiger partial charge in [-0.3, -0.25) is 14.5 Å². The molecular formula is C21H29N3O3S. The predicted molar refractivity (Wildman–Crippen MR) is 112 cm³/mol. The molecule has 1 aliphatic heterocycles. The third-order valence-corrected chi connectivity index (χ3v) is 6.44. The van der Waals surface area contributed by atoms with Crippen LogP contribution in [0.5, 0.6) is 0 Å². The lowest BCUT2D eigenvalue weighted by molar-refractivity contribution is 0.0375. The lowest BCUT2D eigenvalue weighted by Crippen LogP contribution is -2.36. The molecule has 2 N–H and O–H groups in total. The summed E-state index contributed by atoms with van der Waals surface area (Å²) in [7, 11) is 0. The second-order valence-electron chi connectivity index (χ2n) is 7.38. The summed E-state index contributed by atoms with van der Waals surface area (Å²) in [6.45, 7) is 10.7. The molecule has 7 heteroatoms. The van der Waals surface area contributed by atoms with Crippen LogP contribution in [0.2, 0.25) is 0 Å². The van der Waals surface area contributed by atoms with E-state index in [1.807, 2.05) is 32.2 Å². The van der Waals surface area contributed by atoms with Gasteiger partial charge in [-0.25, -0.2) is 0 Å². The number of carbonyl (C=O) groups excluding carboxylic acids is 1. The second kappa shape index (κ2) is 9.49. The summed E-state index contributed by atoms with van der Waals surface area (Å²) in [5, 5.41) is 4.84. The van der Waals surface area contributed by atoms with Gasteiger partial charge >= 0.3 is 0 Å². The number of thiophene rings is 1. The van der Waals surface area contributed by atoms with Crippen molar-refractivity contribution in [1.82, 2.24) is 15.2 Å². The zero-order valence-electron chi connectivity index (χ0n) is 16.9. The molecule has 0 spiro atoms. The van der Waals surface area contributed by atoms with Crippen molar-refractivity contribution in [2.24, 2.45) is 0 Å². The van der Waals surface area contributed by atoms with Crippen molar-refractivity contribution in [3.8, 4) is 0 Å². The van der Waals surface area contributed by atoms with Crippen molar-refractivity contribution in [3.63, 3.8) is 0 Å². The highest BCUT2D eigenvalue weighted by atomic mass is 32.1. The molecule has 0 unspecified atom stereocenters. The highest BCUT2D eigenvalue weighted by molar-refractivity contribution is 7.10. The molecule has 6 nitrogen and oxygen atoms in total. The monoisotopic (exact) mass is 403 g/mol. The van der Waals surface area contributed by atoms with Gasteiger partial charge < -0.3 is 15.0 Å². The molecule has 0 aliphatic carbocycles. The lowest BCUT2D eigenvalue weighted by Gasteiger charge is -2.26. The number of ether oxygens (including phenoxy) is 1. The zero-order valence-corrected chi connectivity index (χ0v) is 17.7. The van der Waals surface area contributed by atoms with Crippen molar-refractivity contribution < 1.29 is 9.53 Å². The van der Waals surface area contributed by atoms with Gasteiger partial charge in [0.05, 0.1) is 18.8 Å². The first-order valence-electron chi connectivity index (χ1n) is 9.80. The molecule has 3 rings (SSSR count). The van der Waals surface area contributed by atoms with E-state index in [9.17, 15) is 9.59 Å². The van der Waals surface area contributed by atoms with Crippen LogP contribution in [-0.2, 0) is 17.7 Å². The maximum absolute atomic E-state index is 12.6. The maximum Gasteiger partial charge on any atom is 0.253 e. The van der Waals surface area contributed by atoms with Crippen LogP contribution in [0.4, 0.5) is 0 Å². The first-order chi connectivity index (χ1) is 13.5. The fraction of sp³-hybridized carbons (Fsp3) is 0.524. The molecule has 2 aromatic rings. The van der Waals surface area contributed by atoms with Crippen molar-refractivity contribution in [2.45, 2.75) is 40.2 Å².